The quantitative estimate of drug-likeness (QED) is 0.317. The van der Waals surface area contributed by atoms with E-state index < -0.39 is 5.91 Å². The number of hydrogen-bond acceptors (Lipinski definition) is 5. The van der Waals surface area contributed by atoms with Crippen molar-refractivity contribution >= 4 is 52.7 Å². The molecule has 0 saturated heterocycles. The van der Waals surface area contributed by atoms with Crippen molar-refractivity contribution in [3.63, 3.8) is 0 Å². The number of carbonyl (C=O) groups is 2. The first kappa shape index (κ1) is 22.3. The fraction of sp³-hybridized carbons (Fsp3) is 0.0870. The van der Waals surface area contributed by atoms with Crippen LogP contribution in [0.2, 0.25) is 4.34 Å². The van der Waals surface area contributed by atoms with E-state index in [0.29, 0.717) is 9.90 Å². The first-order valence-electron chi connectivity index (χ1n) is 9.36. The van der Waals surface area contributed by atoms with Crippen LogP contribution < -0.4 is 15.6 Å². The lowest BCUT2D eigenvalue weighted by Crippen LogP contribution is -2.32. The molecule has 1 aromatic heterocycles. The number of benzene rings is 2. The summed E-state index contributed by atoms with van der Waals surface area (Å²) in [7, 11) is 3.89. The summed E-state index contributed by atoms with van der Waals surface area (Å²) in [5.74, 6) is -0.930. The molecular formula is C23H21ClN4O2S. The Labute approximate surface area is 189 Å². The predicted octanol–water partition coefficient (Wildman–Crippen LogP) is 4.39. The average molecular weight is 453 g/mol. The van der Waals surface area contributed by atoms with E-state index in [-0.39, 0.29) is 11.6 Å². The third-order valence-corrected chi connectivity index (χ3v) is 5.37. The maximum Gasteiger partial charge on any atom is 0.287 e. The SMILES string of the molecule is CN(C)c1ccc(C=C(NC(=O)c2ccccc2)C(=O)NN=Cc2ccc(Cl)s2)cc1. The monoisotopic (exact) mass is 452 g/mol. The van der Waals surface area contributed by atoms with Crippen molar-refractivity contribution in [3.8, 4) is 0 Å². The number of halogens is 1. The van der Waals surface area contributed by atoms with Gasteiger partial charge in [-0.2, -0.15) is 5.10 Å². The van der Waals surface area contributed by atoms with E-state index in [1.54, 1.807) is 42.5 Å². The van der Waals surface area contributed by atoms with E-state index in [0.717, 1.165) is 16.1 Å². The summed E-state index contributed by atoms with van der Waals surface area (Å²) in [4.78, 5) is 28.1. The number of hydrogen-bond donors (Lipinski definition) is 2. The number of hydrazone groups is 1. The van der Waals surface area contributed by atoms with Gasteiger partial charge in [-0.3, -0.25) is 9.59 Å². The Bertz CT molecular complexity index is 1110. The van der Waals surface area contributed by atoms with Gasteiger partial charge in [0.25, 0.3) is 11.8 Å². The number of anilines is 1. The van der Waals surface area contributed by atoms with E-state index in [1.165, 1.54) is 17.6 Å². The molecule has 0 saturated carbocycles. The second-order valence-electron chi connectivity index (χ2n) is 6.71. The zero-order valence-corrected chi connectivity index (χ0v) is 18.6. The van der Waals surface area contributed by atoms with Gasteiger partial charge < -0.3 is 10.2 Å². The van der Waals surface area contributed by atoms with E-state index in [2.05, 4.69) is 15.8 Å². The molecule has 6 nitrogen and oxygen atoms in total. The molecule has 2 amide bonds. The van der Waals surface area contributed by atoms with Crippen molar-refractivity contribution in [2.75, 3.05) is 19.0 Å². The summed E-state index contributed by atoms with van der Waals surface area (Å²) in [6.07, 6.45) is 3.10. The highest BCUT2D eigenvalue weighted by atomic mass is 35.5. The standard InChI is InChI=1S/C23H21ClN4O2S/c1-28(2)18-10-8-16(9-11-18)14-20(26-22(29)17-6-4-3-5-7-17)23(30)27-25-15-19-12-13-21(24)31-19/h3-15H,1-2H3,(H,26,29)(H,27,30). The van der Waals surface area contributed by atoms with Crippen LogP contribution >= 0.6 is 22.9 Å². The molecule has 2 N–H and O–H groups in total. The van der Waals surface area contributed by atoms with Crippen LogP contribution in [0, 0.1) is 0 Å². The second-order valence-corrected chi connectivity index (χ2v) is 8.45. The van der Waals surface area contributed by atoms with Crippen molar-refractivity contribution in [2.24, 2.45) is 5.10 Å². The summed E-state index contributed by atoms with van der Waals surface area (Å²) < 4.78 is 0.629. The summed E-state index contributed by atoms with van der Waals surface area (Å²) in [6, 6.07) is 19.8. The highest BCUT2D eigenvalue weighted by molar-refractivity contribution is 7.17. The lowest BCUT2D eigenvalue weighted by atomic mass is 10.1. The Hall–Kier alpha value is -3.42. The smallest absolute Gasteiger partial charge is 0.287 e. The van der Waals surface area contributed by atoms with Gasteiger partial charge in [-0.05, 0) is 48.0 Å². The molecule has 0 spiro atoms. The minimum atomic E-state index is -0.542. The van der Waals surface area contributed by atoms with E-state index in [4.69, 9.17) is 11.6 Å². The van der Waals surface area contributed by atoms with Crippen LogP contribution in [-0.4, -0.2) is 32.1 Å². The minimum absolute atomic E-state index is 0.0767. The van der Waals surface area contributed by atoms with Gasteiger partial charge in [-0.25, -0.2) is 5.43 Å². The fourth-order valence-corrected chi connectivity index (χ4v) is 3.52. The van der Waals surface area contributed by atoms with E-state index >= 15 is 0 Å². The third kappa shape index (κ3) is 6.53. The highest BCUT2D eigenvalue weighted by Crippen LogP contribution is 2.19. The molecule has 0 fully saturated rings. The maximum absolute atomic E-state index is 12.7. The molecule has 31 heavy (non-hydrogen) atoms. The molecule has 0 unspecified atom stereocenters. The molecule has 158 valence electrons. The molecule has 0 aliphatic heterocycles. The predicted molar refractivity (Wildman–Crippen MR) is 128 cm³/mol. The number of carbonyl (C=O) groups excluding carboxylic acids is 2. The van der Waals surface area contributed by atoms with Crippen LogP contribution in [0.15, 0.2) is 77.5 Å². The number of rotatable bonds is 7. The Morgan fingerprint density at radius 2 is 1.71 bits per heavy atom. The molecule has 0 bridgehead atoms. The van der Waals surface area contributed by atoms with Crippen LogP contribution in [0.25, 0.3) is 6.08 Å². The number of thiophene rings is 1. The van der Waals surface area contributed by atoms with Crippen molar-refractivity contribution in [3.05, 3.63) is 92.8 Å². The molecule has 1 heterocycles. The van der Waals surface area contributed by atoms with Gasteiger partial charge in [-0.15, -0.1) is 11.3 Å². The van der Waals surface area contributed by atoms with Crippen LogP contribution in [0.5, 0.6) is 0 Å². The topological polar surface area (TPSA) is 73.8 Å². The zero-order chi connectivity index (χ0) is 22.2. The van der Waals surface area contributed by atoms with Crippen molar-refractivity contribution < 1.29 is 9.59 Å². The molecule has 8 heteroatoms. The lowest BCUT2D eigenvalue weighted by Gasteiger charge is -2.12. The molecule has 0 radical (unpaired) electrons. The molecule has 0 atom stereocenters. The Kier molecular flexibility index (Phi) is 7.59. The molecule has 3 rings (SSSR count). The summed E-state index contributed by atoms with van der Waals surface area (Å²) in [6.45, 7) is 0. The summed E-state index contributed by atoms with van der Waals surface area (Å²) in [5, 5.41) is 6.64. The Morgan fingerprint density at radius 1 is 1.00 bits per heavy atom. The first-order chi connectivity index (χ1) is 14.9. The lowest BCUT2D eigenvalue weighted by molar-refractivity contribution is -0.117. The summed E-state index contributed by atoms with van der Waals surface area (Å²) in [5.41, 5.74) is 4.76. The maximum atomic E-state index is 12.7. The average Bonchev–Trinajstić information content (AvgIpc) is 3.19. The van der Waals surface area contributed by atoms with Crippen LogP contribution in [0.3, 0.4) is 0 Å². The van der Waals surface area contributed by atoms with Gasteiger partial charge in [0.15, 0.2) is 0 Å². The molecular weight excluding hydrogens is 432 g/mol. The molecule has 3 aromatic rings. The van der Waals surface area contributed by atoms with Gasteiger partial charge in [0.05, 0.1) is 10.6 Å². The summed E-state index contributed by atoms with van der Waals surface area (Å²) >= 11 is 7.24. The van der Waals surface area contributed by atoms with Crippen LogP contribution in [-0.2, 0) is 4.79 Å². The highest BCUT2D eigenvalue weighted by Gasteiger charge is 2.14. The third-order valence-electron chi connectivity index (χ3n) is 4.20. The van der Waals surface area contributed by atoms with E-state index in [1.807, 2.05) is 49.3 Å². The van der Waals surface area contributed by atoms with Crippen LogP contribution in [0.1, 0.15) is 20.8 Å². The Balaban J connectivity index is 1.81. The number of nitrogens with zero attached hydrogens (tertiary/aromatic N) is 2. The van der Waals surface area contributed by atoms with Crippen molar-refractivity contribution in [1.29, 1.82) is 0 Å². The molecule has 2 aromatic carbocycles. The van der Waals surface area contributed by atoms with Gasteiger partial charge in [-0.1, -0.05) is 41.9 Å². The van der Waals surface area contributed by atoms with E-state index in [9.17, 15) is 9.59 Å². The molecule has 0 aliphatic rings. The van der Waals surface area contributed by atoms with Crippen LogP contribution in [0.4, 0.5) is 5.69 Å². The largest absolute Gasteiger partial charge is 0.378 e. The first-order valence-corrected chi connectivity index (χ1v) is 10.6. The van der Waals surface area contributed by atoms with Gasteiger partial charge in [0.1, 0.15) is 5.70 Å². The normalized spacial score (nSPS) is 11.4. The minimum Gasteiger partial charge on any atom is -0.378 e. The van der Waals surface area contributed by atoms with Crippen molar-refractivity contribution in [1.82, 2.24) is 10.7 Å². The fourth-order valence-electron chi connectivity index (χ4n) is 2.59. The molecule has 0 aliphatic carbocycles. The van der Waals surface area contributed by atoms with Gasteiger partial charge >= 0.3 is 0 Å². The second kappa shape index (κ2) is 10.6. The van der Waals surface area contributed by atoms with Gasteiger partial charge in [0.2, 0.25) is 0 Å². The Morgan fingerprint density at radius 3 is 2.32 bits per heavy atom. The number of nitrogens with one attached hydrogen (secondary N) is 2. The zero-order valence-electron chi connectivity index (χ0n) is 17.0. The van der Waals surface area contributed by atoms with Crippen molar-refractivity contribution in [2.45, 2.75) is 0 Å². The number of amides is 2. The van der Waals surface area contributed by atoms with Gasteiger partial charge in [0, 0.05) is 30.2 Å².